The van der Waals surface area contributed by atoms with E-state index in [9.17, 15) is 0 Å². The molecule has 5 heteroatoms. The Labute approximate surface area is 120 Å². The molecule has 0 saturated carbocycles. The lowest BCUT2D eigenvalue weighted by molar-refractivity contribution is 0.406. The van der Waals surface area contributed by atoms with Crippen LogP contribution in [0.15, 0.2) is 18.5 Å². The highest BCUT2D eigenvalue weighted by molar-refractivity contribution is 5.40. The second kappa shape index (κ2) is 6.52. The van der Waals surface area contributed by atoms with Crippen LogP contribution in [0.1, 0.15) is 22.5 Å². The minimum atomic E-state index is 0.750. The van der Waals surface area contributed by atoms with Crippen LogP contribution in [0.25, 0.3) is 0 Å². The van der Waals surface area contributed by atoms with Crippen LogP contribution in [0, 0.1) is 13.8 Å². The summed E-state index contributed by atoms with van der Waals surface area (Å²) in [5.74, 6) is 0.934. The summed E-state index contributed by atoms with van der Waals surface area (Å²) in [6.45, 7) is 5.71. The molecule has 0 unspecified atom stereocenters. The normalized spacial score (nSPS) is 10.8. The summed E-state index contributed by atoms with van der Waals surface area (Å²) >= 11 is 0. The van der Waals surface area contributed by atoms with Crippen LogP contribution < -0.4 is 10.1 Å². The Bertz CT molecular complexity index is 577. The number of aryl methyl sites for hydroxylation is 2. The molecule has 108 valence electrons. The molecule has 0 fully saturated rings. The summed E-state index contributed by atoms with van der Waals surface area (Å²) in [4.78, 5) is 4.48. The highest BCUT2D eigenvalue weighted by atomic mass is 16.5. The first-order valence-electron chi connectivity index (χ1n) is 6.80. The summed E-state index contributed by atoms with van der Waals surface area (Å²) in [5.41, 5.74) is 4.45. The van der Waals surface area contributed by atoms with Gasteiger partial charge in [0.25, 0.3) is 0 Å². The highest BCUT2D eigenvalue weighted by Crippen LogP contribution is 2.23. The molecule has 0 radical (unpaired) electrons. The summed E-state index contributed by atoms with van der Waals surface area (Å²) in [7, 11) is 3.67. The third-order valence-corrected chi connectivity index (χ3v) is 3.52. The van der Waals surface area contributed by atoms with E-state index in [2.05, 4.69) is 22.3 Å². The standard InChI is InChI=1S/C15H22N4O/c1-11-9-17-14(12(2)15(11)20-4)10-16-7-5-13-6-8-18-19(13)3/h6,8-9,16H,5,7,10H2,1-4H3. The van der Waals surface area contributed by atoms with E-state index >= 15 is 0 Å². The molecule has 0 spiro atoms. The van der Waals surface area contributed by atoms with E-state index in [0.717, 1.165) is 42.1 Å². The molecule has 2 aromatic rings. The SMILES string of the molecule is COc1c(C)cnc(CNCCc2ccnn2C)c1C. The molecular formula is C15H22N4O. The number of aromatic nitrogens is 3. The van der Waals surface area contributed by atoms with Crippen LogP contribution in [0.4, 0.5) is 0 Å². The van der Waals surface area contributed by atoms with E-state index in [-0.39, 0.29) is 0 Å². The Hall–Kier alpha value is -1.88. The first-order valence-corrected chi connectivity index (χ1v) is 6.80. The minimum Gasteiger partial charge on any atom is -0.496 e. The third kappa shape index (κ3) is 3.17. The fourth-order valence-corrected chi connectivity index (χ4v) is 2.32. The molecule has 1 N–H and O–H groups in total. The Kier molecular flexibility index (Phi) is 4.74. The number of hydrogen-bond acceptors (Lipinski definition) is 4. The molecule has 0 aliphatic heterocycles. The Morgan fingerprint density at radius 3 is 2.80 bits per heavy atom. The molecule has 0 bridgehead atoms. The van der Waals surface area contributed by atoms with E-state index in [0.29, 0.717) is 0 Å². The predicted molar refractivity (Wildman–Crippen MR) is 78.9 cm³/mol. The minimum absolute atomic E-state index is 0.750. The van der Waals surface area contributed by atoms with E-state index < -0.39 is 0 Å². The molecule has 0 aromatic carbocycles. The molecule has 2 heterocycles. The van der Waals surface area contributed by atoms with Crippen molar-refractivity contribution in [3.8, 4) is 5.75 Å². The number of nitrogens with one attached hydrogen (secondary N) is 1. The zero-order valence-corrected chi connectivity index (χ0v) is 12.6. The summed E-state index contributed by atoms with van der Waals surface area (Å²) in [5, 5.41) is 7.58. The maximum absolute atomic E-state index is 5.42. The monoisotopic (exact) mass is 274 g/mol. The van der Waals surface area contributed by atoms with Crippen LogP contribution in [-0.4, -0.2) is 28.4 Å². The van der Waals surface area contributed by atoms with Gasteiger partial charge in [-0.05, 0) is 19.9 Å². The number of ether oxygens (including phenoxy) is 1. The molecule has 5 nitrogen and oxygen atoms in total. The quantitative estimate of drug-likeness (QED) is 0.816. The summed E-state index contributed by atoms with van der Waals surface area (Å²) in [6, 6.07) is 2.04. The molecule has 2 aromatic heterocycles. The number of rotatable bonds is 6. The Balaban J connectivity index is 1.90. The molecular weight excluding hydrogens is 252 g/mol. The maximum atomic E-state index is 5.42. The van der Waals surface area contributed by atoms with Gasteiger partial charge in [0.1, 0.15) is 5.75 Å². The van der Waals surface area contributed by atoms with Gasteiger partial charge < -0.3 is 10.1 Å². The van der Waals surface area contributed by atoms with Crippen LogP contribution in [-0.2, 0) is 20.0 Å². The number of methoxy groups -OCH3 is 1. The molecule has 0 aliphatic rings. The van der Waals surface area contributed by atoms with Crippen molar-refractivity contribution in [2.45, 2.75) is 26.8 Å². The van der Waals surface area contributed by atoms with Gasteiger partial charge in [-0.25, -0.2) is 0 Å². The van der Waals surface area contributed by atoms with E-state index in [1.165, 1.54) is 5.69 Å². The zero-order chi connectivity index (χ0) is 14.5. The average Bonchev–Trinajstić information content (AvgIpc) is 2.83. The number of hydrogen-bond donors (Lipinski definition) is 1. The predicted octanol–water partition coefficient (Wildman–Crippen LogP) is 1.77. The van der Waals surface area contributed by atoms with Crippen molar-refractivity contribution in [1.82, 2.24) is 20.1 Å². The van der Waals surface area contributed by atoms with Crippen LogP contribution in [0.5, 0.6) is 5.75 Å². The topological polar surface area (TPSA) is 52.0 Å². The first-order chi connectivity index (χ1) is 9.63. The van der Waals surface area contributed by atoms with Crippen LogP contribution in [0.3, 0.4) is 0 Å². The smallest absolute Gasteiger partial charge is 0.128 e. The van der Waals surface area contributed by atoms with Crippen LogP contribution >= 0.6 is 0 Å². The largest absolute Gasteiger partial charge is 0.496 e. The van der Waals surface area contributed by atoms with Gasteiger partial charge in [-0.15, -0.1) is 0 Å². The van der Waals surface area contributed by atoms with Crippen LogP contribution in [0.2, 0.25) is 0 Å². The second-order valence-electron chi connectivity index (χ2n) is 4.92. The Morgan fingerprint density at radius 2 is 2.15 bits per heavy atom. The van der Waals surface area contributed by atoms with Gasteiger partial charge in [0.2, 0.25) is 0 Å². The lowest BCUT2D eigenvalue weighted by Gasteiger charge is -2.12. The molecule has 20 heavy (non-hydrogen) atoms. The van der Waals surface area contributed by atoms with Gasteiger partial charge in [0, 0.05) is 55.8 Å². The Morgan fingerprint density at radius 1 is 1.35 bits per heavy atom. The van der Waals surface area contributed by atoms with E-state index in [1.54, 1.807) is 7.11 Å². The van der Waals surface area contributed by atoms with Crippen molar-refractivity contribution in [2.24, 2.45) is 7.05 Å². The van der Waals surface area contributed by atoms with Gasteiger partial charge in [-0.2, -0.15) is 5.10 Å². The molecule has 0 saturated heterocycles. The van der Waals surface area contributed by atoms with Gasteiger partial charge >= 0.3 is 0 Å². The van der Waals surface area contributed by atoms with E-state index in [1.807, 2.05) is 37.1 Å². The van der Waals surface area contributed by atoms with Crippen molar-refractivity contribution >= 4 is 0 Å². The second-order valence-corrected chi connectivity index (χ2v) is 4.92. The molecule has 0 atom stereocenters. The number of nitrogens with zero attached hydrogens (tertiary/aromatic N) is 3. The fourth-order valence-electron chi connectivity index (χ4n) is 2.32. The van der Waals surface area contributed by atoms with Crippen molar-refractivity contribution in [2.75, 3.05) is 13.7 Å². The van der Waals surface area contributed by atoms with Gasteiger partial charge in [-0.3, -0.25) is 9.67 Å². The van der Waals surface area contributed by atoms with E-state index in [4.69, 9.17) is 4.74 Å². The highest BCUT2D eigenvalue weighted by Gasteiger charge is 2.08. The molecule has 0 amide bonds. The van der Waals surface area contributed by atoms with Gasteiger partial charge in [0.05, 0.1) is 12.8 Å². The lowest BCUT2D eigenvalue weighted by atomic mass is 10.1. The molecule has 0 aliphatic carbocycles. The van der Waals surface area contributed by atoms with Crippen molar-refractivity contribution in [1.29, 1.82) is 0 Å². The van der Waals surface area contributed by atoms with Crippen molar-refractivity contribution in [3.63, 3.8) is 0 Å². The summed E-state index contributed by atoms with van der Waals surface area (Å²) in [6.07, 6.45) is 4.65. The first kappa shape index (κ1) is 14.5. The lowest BCUT2D eigenvalue weighted by Crippen LogP contribution is -2.19. The fraction of sp³-hybridized carbons (Fsp3) is 0.467. The third-order valence-electron chi connectivity index (χ3n) is 3.52. The zero-order valence-electron chi connectivity index (χ0n) is 12.6. The molecule has 2 rings (SSSR count). The van der Waals surface area contributed by atoms with Gasteiger partial charge in [0.15, 0.2) is 0 Å². The number of pyridine rings is 1. The maximum Gasteiger partial charge on any atom is 0.128 e. The average molecular weight is 274 g/mol. The van der Waals surface area contributed by atoms with Crippen molar-refractivity contribution in [3.05, 3.63) is 41.0 Å². The van der Waals surface area contributed by atoms with Crippen molar-refractivity contribution < 1.29 is 4.74 Å². The van der Waals surface area contributed by atoms with Gasteiger partial charge in [-0.1, -0.05) is 0 Å². The summed E-state index contributed by atoms with van der Waals surface area (Å²) < 4.78 is 7.32.